The maximum Gasteiger partial charge on any atom is 0.198 e. The Kier molecular flexibility index (Phi) is 2.16. The first-order valence-electron chi connectivity index (χ1n) is 5.49. The van der Waals surface area contributed by atoms with Crippen LogP contribution in [0.15, 0.2) is 16.5 Å². The smallest absolute Gasteiger partial charge is 0.198 e. The van der Waals surface area contributed by atoms with Crippen LogP contribution in [0.5, 0.6) is 0 Å². The van der Waals surface area contributed by atoms with E-state index in [1.54, 1.807) is 0 Å². The van der Waals surface area contributed by atoms with Gasteiger partial charge in [-0.1, -0.05) is 12.8 Å². The molecule has 1 aliphatic rings. The van der Waals surface area contributed by atoms with E-state index in [0.29, 0.717) is 22.9 Å². The highest BCUT2D eigenvalue weighted by atomic mass is 19.2. The molecule has 0 amide bonds. The molecule has 1 aromatic carbocycles. The average Bonchev–Trinajstić information content (AvgIpc) is 2.86. The van der Waals surface area contributed by atoms with Crippen LogP contribution < -0.4 is 0 Å². The standard InChI is InChI=1S/C12H11F2NO/c13-8-5-10-11(6-9(8)14)16-12(15-10)7-3-1-2-4-7/h5-7H,1-4H2. The predicted molar refractivity (Wildman–Crippen MR) is 55.1 cm³/mol. The number of hydrogen-bond donors (Lipinski definition) is 0. The molecule has 0 spiro atoms. The van der Waals surface area contributed by atoms with E-state index in [-0.39, 0.29) is 0 Å². The molecular weight excluding hydrogens is 212 g/mol. The molecule has 0 radical (unpaired) electrons. The Morgan fingerprint density at radius 1 is 1.12 bits per heavy atom. The zero-order valence-corrected chi connectivity index (χ0v) is 8.67. The lowest BCUT2D eigenvalue weighted by Gasteiger charge is -2.00. The lowest BCUT2D eigenvalue weighted by Crippen LogP contribution is -1.90. The monoisotopic (exact) mass is 223 g/mol. The minimum Gasteiger partial charge on any atom is -0.440 e. The molecule has 0 unspecified atom stereocenters. The Hall–Kier alpha value is -1.45. The van der Waals surface area contributed by atoms with Crippen molar-refractivity contribution in [1.29, 1.82) is 0 Å². The third kappa shape index (κ3) is 1.49. The van der Waals surface area contributed by atoms with E-state index in [1.165, 1.54) is 12.8 Å². The number of benzene rings is 1. The van der Waals surface area contributed by atoms with E-state index in [0.717, 1.165) is 25.0 Å². The topological polar surface area (TPSA) is 26.0 Å². The van der Waals surface area contributed by atoms with E-state index >= 15 is 0 Å². The maximum atomic E-state index is 13.0. The molecule has 1 aliphatic carbocycles. The van der Waals surface area contributed by atoms with Crippen molar-refractivity contribution >= 4 is 11.1 Å². The van der Waals surface area contributed by atoms with Crippen LogP contribution in [-0.2, 0) is 0 Å². The Morgan fingerprint density at radius 3 is 2.56 bits per heavy atom. The van der Waals surface area contributed by atoms with Crippen molar-refractivity contribution < 1.29 is 13.2 Å². The van der Waals surface area contributed by atoms with Gasteiger partial charge in [-0.05, 0) is 12.8 Å². The number of aromatic nitrogens is 1. The van der Waals surface area contributed by atoms with Crippen LogP contribution in [-0.4, -0.2) is 4.98 Å². The second-order valence-corrected chi connectivity index (χ2v) is 4.27. The second kappa shape index (κ2) is 3.54. The van der Waals surface area contributed by atoms with E-state index in [2.05, 4.69) is 4.98 Å². The number of nitrogens with zero attached hydrogens (tertiary/aromatic N) is 1. The van der Waals surface area contributed by atoms with Gasteiger partial charge in [0.2, 0.25) is 0 Å². The summed E-state index contributed by atoms with van der Waals surface area (Å²) in [5, 5.41) is 0. The maximum absolute atomic E-state index is 13.0. The zero-order chi connectivity index (χ0) is 11.1. The number of hydrogen-bond acceptors (Lipinski definition) is 2. The van der Waals surface area contributed by atoms with Gasteiger partial charge in [0, 0.05) is 18.1 Å². The Bertz CT molecular complexity index is 490. The van der Waals surface area contributed by atoms with Crippen molar-refractivity contribution in [2.75, 3.05) is 0 Å². The fourth-order valence-electron chi connectivity index (χ4n) is 2.29. The lowest BCUT2D eigenvalue weighted by molar-refractivity contribution is 0.470. The van der Waals surface area contributed by atoms with E-state index in [4.69, 9.17) is 4.42 Å². The average molecular weight is 223 g/mol. The van der Waals surface area contributed by atoms with Crippen LogP contribution in [0.1, 0.15) is 37.5 Å². The van der Waals surface area contributed by atoms with E-state index in [9.17, 15) is 8.78 Å². The molecule has 1 aromatic heterocycles. The van der Waals surface area contributed by atoms with Gasteiger partial charge >= 0.3 is 0 Å². The van der Waals surface area contributed by atoms with Crippen LogP contribution in [0.25, 0.3) is 11.1 Å². The van der Waals surface area contributed by atoms with Crippen molar-refractivity contribution in [1.82, 2.24) is 4.98 Å². The molecule has 0 bridgehead atoms. The number of halogens is 2. The van der Waals surface area contributed by atoms with Crippen molar-refractivity contribution in [3.8, 4) is 0 Å². The first-order valence-corrected chi connectivity index (χ1v) is 5.49. The molecule has 1 saturated carbocycles. The van der Waals surface area contributed by atoms with Crippen LogP contribution in [0.3, 0.4) is 0 Å². The van der Waals surface area contributed by atoms with E-state index < -0.39 is 11.6 Å². The predicted octanol–water partition coefficient (Wildman–Crippen LogP) is 3.76. The van der Waals surface area contributed by atoms with Crippen LogP contribution >= 0.6 is 0 Å². The number of oxazole rings is 1. The summed E-state index contributed by atoms with van der Waals surface area (Å²) in [6.45, 7) is 0. The van der Waals surface area contributed by atoms with Gasteiger partial charge < -0.3 is 4.42 Å². The van der Waals surface area contributed by atoms with Gasteiger partial charge in [0.05, 0.1) is 0 Å². The van der Waals surface area contributed by atoms with Gasteiger partial charge in [-0.15, -0.1) is 0 Å². The number of rotatable bonds is 1. The van der Waals surface area contributed by atoms with Crippen LogP contribution in [0.4, 0.5) is 8.78 Å². The first kappa shape index (κ1) is 9.75. The summed E-state index contributed by atoms with van der Waals surface area (Å²) in [4.78, 5) is 4.22. The molecule has 16 heavy (non-hydrogen) atoms. The Labute approximate surface area is 91.3 Å². The summed E-state index contributed by atoms with van der Waals surface area (Å²) in [6, 6.07) is 2.16. The molecular formula is C12H11F2NO. The Morgan fingerprint density at radius 2 is 1.81 bits per heavy atom. The molecule has 0 N–H and O–H groups in total. The fourth-order valence-corrected chi connectivity index (χ4v) is 2.29. The highest BCUT2D eigenvalue weighted by Crippen LogP contribution is 2.35. The van der Waals surface area contributed by atoms with Gasteiger partial charge in [0.15, 0.2) is 23.1 Å². The quantitative estimate of drug-likeness (QED) is 0.735. The lowest BCUT2D eigenvalue weighted by atomic mass is 10.1. The van der Waals surface area contributed by atoms with Crippen LogP contribution in [0.2, 0.25) is 0 Å². The van der Waals surface area contributed by atoms with Crippen molar-refractivity contribution in [3.05, 3.63) is 29.7 Å². The largest absolute Gasteiger partial charge is 0.440 e. The van der Waals surface area contributed by atoms with Gasteiger partial charge in [0.25, 0.3) is 0 Å². The normalized spacial score (nSPS) is 17.4. The SMILES string of the molecule is Fc1cc2nc(C3CCCC3)oc2cc1F. The number of fused-ring (bicyclic) bond motifs is 1. The summed E-state index contributed by atoms with van der Waals surface area (Å²) in [5.74, 6) is -0.823. The summed E-state index contributed by atoms with van der Waals surface area (Å²) < 4.78 is 31.4. The van der Waals surface area contributed by atoms with Gasteiger partial charge in [-0.3, -0.25) is 0 Å². The fraction of sp³-hybridized carbons (Fsp3) is 0.417. The third-order valence-corrected chi connectivity index (χ3v) is 3.15. The van der Waals surface area contributed by atoms with Crippen molar-refractivity contribution in [2.45, 2.75) is 31.6 Å². The molecule has 2 nitrogen and oxygen atoms in total. The summed E-state index contributed by atoms with van der Waals surface area (Å²) in [6.07, 6.45) is 4.45. The highest BCUT2D eigenvalue weighted by molar-refractivity contribution is 5.72. The van der Waals surface area contributed by atoms with Gasteiger partial charge in [-0.25, -0.2) is 13.8 Å². The zero-order valence-electron chi connectivity index (χ0n) is 8.67. The molecule has 84 valence electrons. The minimum absolute atomic E-state index is 0.318. The van der Waals surface area contributed by atoms with Crippen molar-refractivity contribution in [2.24, 2.45) is 0 Å². The van der Waals surface area contributed by atoms with E-state index in [1.807, 2.05) is 0 Å². The van der Waals surface area contributed by atoms with Gasteiger partial charge in [-0.2, -0.15) is 0 Å². The second-order valence-electron chi connectivity index (χ2n) is 4.27. The molecule has 0 aliphatic heterocycles. The molecule has 1 heterocycles. The first-order chi connectivity index (χ1) is 7.74. The highest BCUT2D eigenvalue weighted by Gasteiger charge is 2.22. The summed E-state index contributed by atoms with van der Waals surface area (Å²) >= 11 is 0. The minimum atomic E-state index is -0.887. The molecule has 0 atom stereocenters. The molecule has 3 rings (SSSR count). The molecule has 4 heteroatoms. The molecule has 2 aromatic rings. The third-order valence-electron chi connectivity index (χ3n) is 3.15. The summed E-state index contributed by atoms with van der Waals surface area (Å²) in [7, 11) is 0. The van der Waals surface area contributed by atoms with Crippen LogP contribution in [0, 0.1) is 11.6 Å². The Balaban J connectivity index is 2.08. The molecule has 0 saturated heterocycles. The summed E-state index contributed by atoms with van der Waals surface area (Å²) in [5.41, 5.74) is 0.738. The molecule has 1 fully saturated rings. The van der Waals surface area contributed by atoms with Crippen molar-refractivity contribution in [3.63, 3.8) is 0 Å². The van der Waals surface area contributed by atoms with Gasteiger partial charge in [0.1, 0.15) is 5.52 Å².